The molecule has 0 fully saturated rings. The van der Waals surface area contributed by atoms with Gasteiger partial charge in [0.05, 0.1) is 5.75 Å². The summed E-state index contributed by atoms with van der Waals surface area (Å²) in [4.78, 5) is 12.5. The first-order chi connectivity index (χ1) is 7.94. The standard InChI is InChI=1S/C12H16O3S2/c1-3-11(13)10-6-4-5-7-12(10)16-8-9-17(2,14)15/h4-7H,3,8-9H2,1-2H3. The Morgan fingerprint density at radius 2 is 1.94 bits per heavy atom. The molecule has 0 spiro atoms. The van der Waals surface area contributed by atoms with Crippen LogP contribution >= 0.6 is 11.8 Å². The fraction of sp³-hybridized carbons (Fsp3) is 0.417. The normalized spacial score (nSPS) is 11.4. The van der Waals surface area contributed by atoms with Crippen LogP contribution in [0.25, 0.3) is 0 Å². The SMILES string of the molecule is CCC(=O)c1ccccc1SCCS(C)(=O)=O. The van der Waals surface area contributed by atoms with E-state index in [1.54, 1.807) is 6.07 Å². The molecule has 5 heteroatoms. The first-order valence-corrected chi connectivity index (χ1v) is 8.41. The Morgan fingerprint density at radius 3 is 2.53 bits per heavy atom. The quantitative estimate of drug-likeness (QED) is 0.589. The van der Waals surface area contributed by atoms with E-state index in [9.17, 15) is 13.2 Å². The Hall–Kier alpha value is -0.810. The maximum absolute atomic E-state index is 11.7. The molecule has 3 nitrogen and oxygen atoms in total. The number of hydrogen-bond acceptors (Lipinski definition) is 4. The largest absolute Gasteiger partial charge is 0.294 e. The van der Waals surface area contributed by atoms with Crippen molar-refractivity contribution in [2.75, 3.05) is 17.8 Å². The average molecular weight is 272 g/mol. The van der Waals surface area contributed by atoms with Gasteiger partial charge in [0.1, 0.15) is 9.84 Å². The van der Waals surface area contributed by atoms with E-state index in [0.717, 1.165) is 4.90 Å². The number of hydrogen-bond donors (Lipinski definition) is 0. The molecule has 0 atom stereocenters. The second-order valence-electron chi connectivity index (χ2n) is 3.75. The molecular weight excluding hydrogens is 256 g/mol. The van der Waals surface area contributed by atoms with E-state index in [-0.39, 0.29) is 11.5 Å². The van der Waals surface area contributed by atoms with Crippen LogP contribution in [-0.2, 0) is 9.84 Å². The summed E-state index contributed by atoms with van der Waals surface area (Å²) in [5.41, 5.74) is 0.688. The van der Waals surface area contributed by atoms with Crippen LogP contribution in [0.3, 0.4) is 0 Å². The number of ketones is 1. The maximum atomic E-state index is 11.7. The van der Waals surface area contributed by atoms with E-state index in [1.807, 2.05) is 25.1 Å². The second-order valence-corrected chi connectivity index (χ2v) is 7.15. The van der Waals surface area contributed by atoms with Gasteiger partial charge in [-0.05, 0) is 6.07 Å². The number of thioether (sulfide) groups is 1. The van der Waals surface area contributed by atoms with E-state index in [4.69, 9.17) is 0 Å². The van der Waals surface area contributed by atoms with Crippen LogP contribution in [0.4, 0.5) is 0 Å². The number of benzene rings is 1. The molecule has 0 aliphatic heterocycles. The predicted octanol–water partition coefficient (Wildman–Crippen LogP) is 2.42. The molecule has 1 aromatic carbocycles. The zero-order valence-electron chi connectivity index (χ0n) is 9.97. The summed E-state index contributed by atoms with van der Waals surface area (Å²) in [6, 6.07) is 7.32. The lowest BCUT2D eigenvalue weighted by atomic mass is 10.1. The molecule has 94 valence electrons. The molecule has 0 bridgehead atoms. The molecule has 0 amide bonds. The summed E-state index contributed by atoms with van der Waals surface area (Å²) in [6.07, 6.45) is 1.68. The lowest BCUT2D eigenvalue weighted by molar-refractivity contribution is 0.0985. The van der Waals surface area contributed by atoms with Crippen molar-refractivity contribution in [3.8, 4) is 0 Å². The molecule has 0 unspecified atom stereocenters. The van der Waals surface area contributed by atoms with Gasteiger partial charge in [0.2, 0.25) is 0 Å². The molecule has 17 heavy (non-hydrogen) atoms. The predicted molar refractivity (Wildman–Crippen MR) is 71.5 cm³/mol. The van der Waals surface area contributed by atoms with Crippen molar-refractivity contribution in [3.05, 3.63) is 29.8 Å². The van der Waals surface area contributed by atoms with Crippen LogP contribution in [0.15, 0.2) is 29.2 Å². The van der Waals surface area contributed by atoms with Crippen LogP contribution in [0.5, 0.6) is 0 Å². The van der Waals surface area contributed by atoms with Crippen molar-refractivity contribution in [2.45, 2.75) is 18.2 Å². The first kappa shape index (κ1) is 14.3. The summed E-state index contributed by atoms with van der Waals surface area (Å²) in [5, 5.41) is 0. The Morgan fingerprint density at radius 1 is 1.29 bits per heavy atom. The molecule has 0 heterocycles. The Bertz CT molecular complexity index is 492. The minimum atomic E-state index is -2.94. The van der Waals surface area contributed by atoms with Gasteiger partial charge in [-0.2, -0.15) is 0 Å². The van der Waals surface area contributed by atoms with Gasteiger partial charge in [-0.1, -0.05) is 25.1 Å². The summed E-state index contributed by atoms with van der Waals surface area (Å²) >= 11 is 1.42. The molecule has 1 aromatic rings. The van der Waals surface area contributed by atoms with Crippen molar-refractivity contribution in [1.82, 2.24) is 0 Å². The number of carbonyl (C=O) groups excluding carboxylic acids is 1. The highest BCUT2D eigenvalue weighted by atomic mass is 32.2. The topological polar surface area (TPSA) is 51.2 Å². The minimum absolute atomic E-state index is 0.0902. The lowest BCUT2D eigenvalue weighted by Gasteiger charge is -2.06. The van der Waals surface area contributed by atoms with Crippen LogP contribution in [0.2, 0.25) is 0 Å². The van der Waals surface area contributed by atoms with Crippen LogP contribution in [0, 0.1) is 0 Å². The number of carbonyl (C=O) groups is 1. The zero-order chi connectivity index (χ0) is 12.9. The van der Waals surface area contributed by atoms with Crippen molar-refractivity contribution in [3.63, 3.8) is 0 Å². The van der Waals surface area contributed by atoms with E-state index in [1.165, 1.54) is 18.0 Å². The lowest BCUT2D eigenvalue weighted by Crippen LogP contribution is -2.06. The molecule has 0 radical (unpaired) electrons. The fourth-order valence-corrected chi connectivity index (χ4v) is 3.59. The third kappa shape index (κ3) is 4.91. The van der Waals surface area contributed by atoms with Gasteiger partial charge in [-0.3, -0.25) is 4.79 Å². The third-order valence-corrected chi connectivity index (χ3v) is 4.50. The molecule has 0 aliphatic rings. The maximum Gasteiger partial charge on any atom is 0.163 e. The second kappa shape index (κ2) is 6.21. The molecule has 0 saturated carbocycles. The highest BCUT2D eigenvalue weighted by molar-refractivity contribution is 8.00. The Labute approximate surface area is 107 Å². The van der Waals surface area contributed by atoms with Crippen molar-refractivity contribution >= 4 is 27.4 Å². The van der Waals surface area contributed by atoms with Gasteiger partial charge in [0, 0.05) is 28.9 Å². The van der Waals surface area contributed by atoms with Crippen LogP contribution < -0.4 is 0 Å². The summed E-state index contributed by atoms with van der Waals surface area (Å²) in [7, 11) is -2.94. The minimum Gasteiger partial charge on any atom is -0.294 e. The van der Waals surface area contributed by atoms with Crippen LogP contribution in [0.1, 0.15) is 23.7 Å². The number of sulfone groups is 1. The van der Waals surface area contributed by atoms with E-state index in [0.29, 0.717) is 17.7 Å². The van der Waals surface area contributed by atoms with Gasteiger partial charge in [-0.25, -0.2) is 8.42 Å². The van der Waals surface area contributed by atoms with Gasteiger partial charge in [-0.15, -0.1) is 11.8 Å². The molecule has 0 aromatic heterocycles. The van der Waals surface area contributed by atoms with Crippen molar-refractivity contribution in [1.29, 1.82) is 0 Å². The van der Waals surface area contributed by atoms with E-state index < -0.39 is 9.84 Å². The van der Waals surface area contributed by atoms with Crippen molar-refractivity contribution in [2.24, 2.45) is 0 Å². The van der Waals surface area contributed by atoms with Gasteiger partial charge in [0.25, 0.3) is 0 Å². The number of rotatable bonds is 6. The zero-order valence-corrected chi connectivity index (χ0v) is 11.6. The molecule has 0 aliphatic carbocycles. The fourth-order valence-electron chi connectivity index (χ4n) is 1.32. The van der Waals surface area contributed by atoms with Crippen LogP contribution in [-0.4, -0.2) is 32.0 Å². The molecule has 0 saturated heterocycles. The molecule has 1 rings (SSSR count). The third-order valence-electron chi connectivity index (χ3n) is 2.22. The highest BCUT2D eigenvalue weighted by Gasteiger charge is 2.10. The summed E-state index contributed by atoms with van der Waals surface area (Å²) in [6.45, 7) is 1.82. The van der Waals surface area contributed by atoms with Gasteiger partial charge < -0.3 is 0 Å². The monoisotopic (exact) mass is 272 g/mol. The van der Waals surface area contributed by atoms with Gasteiger partial charge >= 0.3 is 0 Å². The van der Waals surface area contributed by atoms with E-state index >= 15 is 0 Å². The highest BCUT2D eigenvalue weighted by Crippen LogP contribution is 2.23. The first-order valence-electron chi connectivity index (χ1n) is 5.37. The molecule has 0 N–H and O–H groups in total. The van der Waals surface area contributed by atoms with E-state index in [2.05, 4.69) is 0 Å². The molecular formula is C12H16O3S2. The summed E-state index contributed by atoms with van der Waals surface area (Å²) < 4.78 is 22.0. The van der Waals surface area contributed by atoms with Gasteiger partial charge in [0.15, 0.2) is 5.78 Å². The average Bonchev–Trinajstić information content (AvgIpc) is 2.27. The summed E-state index contributed by atoms with van der Waals surface area (Å²) in [5.74, 6) is 0.701. The number of Topliss-reactive ketones (excluding diaryl/α,β-unsaturated/α-hetero) is 1. The smallest absolute Gasteiger partial charge is 0.163 e. The van der Waals surface area contributed by atoms with Crippen molar-refractivity contribution < 1.29 is 13.2 Å². The Kier molecular flexibility index (Phi) is 5.21. The Balaban J connectivity index is 2.74.